The standard InChI is InChI=1S/C16H20ClN3O3S/c1-3-4-9-24(21,22)20-13-6-8-16(18-11-13)19-14-10-12(17)5-7-15(14)23-2/h5-8,10-11,20H,3-4,9H2,1-2H3,(H,18,19). The molecule has 24 heavy (non-hydrogen) atoms. The van der Waals surface area contributed by atoms with Gasteiger partial charge in [0.1, 0.15) is 11.6 Å². The van der Waals surface area contributed by atoms with Crippen molar-refractivity contribution in [2.24, 2.45) is 0 Å². The molecule has 1 aromatic carbocycles. The van der Waals surface area contributed by atoms with Crippen LogP contribution >= 0.6 is 11.6 Å². The van der Waals surface area contributed by atoms with Crippen molar-refractivity contribution in [3.63, 3.8) is 0 Å². The summed E-state index contributed by atoms with van der Waals surface area (Å²) in [5.41, 5.74) is 1.10. The minimum absolute atomic E-state index is 0.100. The highest BCUT2D eigenvalue weighted by Crippen LogP contribution is 2.30. The molecular formula is C16H20ClN3O3S. The molecule has 0 bridgehead atoms. The zero-order valence-electron chi connectivity index (χ0n) is 13.5. The Bertz CT molecular complexity index is 780. The Balaban J connectivity index is 2.09. The van der Waals surface area contributed by atoms with Crippen molar-refractivity contribution in [2.75, 3.05) is 22.9 Å². The third-order valence-corrected chi connectivity index (χ3v) is 4.84. The van der Waals surface area contributed by atoms with Gasteiger partial charge in [-0.05, 0) is 36.8 Å². The molecule has 0 aliphatic rings. The normalized spacial score (nSPS) is 11.1. The molecule has 8 heteroatoms. The largest absolute Gasteiger partial charge is 0.495 e. The summed E-state index contributed by atoms with van der Waals surface area (Å²) in [5, 5.41) is 3.66. The Hall–Kier alpha value is -1.99. The Morgan fingerprint density at radius 2 is 2.04 bits per heavy atom. The maximum Gasteiger partial charge on any atom is 0.232 e. The second-order valence-corrected chi connectivity index (χ2v) is 7.45. The van der Waals surface area contributed by atoms with Gasteiger partial charge in [-0.25, -0.2) is 13.4 Å². The van der Waals surface area contributed by atoms with Gasteiger partial charge in [0, 0.05) is 5.02 Å². The molecular weight excluding hydrogens is 350 g/mol. The average molecular weight is 370 g/mol. The van der Waals surface area contributed by atoms with Crippen LogP contribution in [0.3, 0.4) is 0 Å². The first kappa shape index (κ1) is 18.4. The van der Waals surface area contributed by atoms with Crippen LogP contribution in [0.25, 0.3) is 0 Å². The van der Waals surface area contributed by atoms with Crippen LogP contribution in [0.1, 0.15) is 19.8 Å². The molecule has 0 unspecified atom stereocenters. The van der Waals surface area contributed by atoms with Crippen LogP contribution in [0.15, 0.2) is 36.5 Å². The molecule has 1 heterocycles. The SMILES string of the molecule is CCCCS(=O)(=O)Nc1ccc(Nc2cc(Cl)ccc2OC)nc1. The molecule has 0 atom stereocenters. The molecule has 0 saturated carbocycles. The van der Waals surface area contributed by atoms with E-state index in [1.165, 1.54) is 6.20 Å². The number of sulfonamides is 1. The van der Waals surface area contributed by atoms with Crippen LogP contribution in [0, 0.1) is 0 Å². The first-order valence-electron chi connectivity index (χ1n) is 7.50. The summed E-state index contributed by atoms with van der Waals surface area (Å²) in [7, 11) is -1.77. The first-order valence-corrected chi connectivity index (χ1v) is 9.53. The van der Waals surface area contributed by atoms with Gasteiger partial charge >= 0.3 is 0 Å². The van der Waals surface area contributed by atoms with Gasteiger partial charge in [0.25, 0.3) is 0 Å². The molecule has 0 aliphatic heterocycles. The van der Waals surface area contributed by atoms with Crippen molar-refractivity contribution in [1.82, 2.24) is 4.98 Å². The number of nitrogens with one attached hydrogen (secondary N) is 2. The van der Waals surface area contributed by atoms with E-state index in [2.05, 4.69) is 15.0 Å². The van der Waals surface area contributed by atoms with Crippen LogP contribution in [0.2, 0.25) is 5.02 Å². The van der Waals surface area contributed by atoms with E-state index in [1.807, 2.05) is 6.92 Å². The monoisotopic (exact) mass is 369 g/mol. The Morgan fingerprint density at radius 3 is 2.67 bits per heavy atom. The smallest absolute Gasteiger partial charge is 0.232 e. The summed E-state index contributed by atoms with van der Waals surface area (Å²) >= 11 is 5.99. The van der Waals surface area contributed by atoms with Crippen LogP contribution in [-0.2, 0) is 10.0 Å². The minimum Gasteiger partial charge on any atom is -0.495 e. The fraction of sp³-hybridized carbons (Fsp3) is 0.312. The second-order valence-electron chi connectivity index (χ2n) is 5.18. The van der Waals surface area contributed by atoms with Gasteiger partial charge < -0.3 is 10.1 Å². The maximum absolute atomic E-state index is 11.9. The second kappa shape index (κ2) is 8.21. The van der Waals surface area contributed by atoms with E-state index in [4.69, 9.17) is 16.3 Å². The van der Waals surface area contributed by atoms with E-state index >= 15 is 0 Å². The third kappa shape index (κ3) is 5.28. The van der Waals surface area contributed by atoms with Crippen molar-refractivity contribution in [3.05, 3.63) is 41.6 Å². The van der Waals surface area contributed by atoms with Crippen LogP contribution in [0.5, 0.6) is 5.75 Å². The van der Waals surface area contributed by atoms with Crippen LogP contribution in [0.4, 0.5) is 17.2 Å². The van der Waals surface area contributed by atoms with Crippen molar-refractivity contribution in [1.29, 1.82) is 0 Å². The number of halogens is 1. The van der Waals surface area contributed by atoms with E-state index in [0.29, 0.717) is 34.4 Å². The number of unbranched alkanes of at least 4 members (excludes halogenated alkanes) is 1. The van der Waals surface area contributed by atoms with E-state index in [9.17, 15) is 8.42 Å². The van der Waals surface area contributed by atoms with Gasteiger partial charge in [-0.3, -0.25) is 4.72 Å². The highest BCUT2D eigenvalue weighted by atomic mass is 35.5. The zero-order valence-corrected chi connectivity index (χ0v) is 15.1. The number of hydrogen-bond acceptors (Lipinski definition) is 5. The number of pyridine rings is 1. The van der Waals surface area contributed by atoms with Crippen molar-refractivity contribution >= 4 is 38.8 Å². The highest BCUT2D eigenvalue weighted by Gasteiger charge is 2.10. The summed E-state index contributed by atoms with van der Waals surface area (Å²) in [6.07, 6.45) is 2.91. The predicted octanol–water partition coefficient (Wildman–Crippen LogP) is 4.03. The first-order chi connectivity index (χ1) is 11.4. The Kier molecular flexibility index (Phi) is 6.28. The lowest BCUT2D eigenvalue weighted by atomic mass is 10.3. The summed E-state index contributed by atoms with van der Waals surface area (Å²) in [5.74, 6) is 1.28. The zero-order chi connectivity index (χ0) is 17.6. The summed E-state index contributed by atoms with van der Waals surface area (Å²) in [6.45, 7) is 1.95. The molecule has 0 amide bonds. The Labute approximate surface area is 147 Å². The maximum atomic E-state index is 11.9. The lowest BCUT2D eigenvalue weighted by molar-refractivity contribution is 0.417. The van der Waals surface area contributed by atoms with Crippen molar-refractivity contribution in [2.45, 2.75) is 19.8 Å². The molecule has 1 aromatic heterocycles. The lowest BCUT2D eigenvalue weighted by Gasteiger charge is -2.12. The summed E-state index contributed by atoms with van der Waals surface area (Å²) < 4.78 is 31.5. The number of ether oxygens (including phenoxy) is 1. The van der Waals surface area contributed by atoms with E-state index in [0.717, 1.165) is 6.42 Å². The molecule has 2 N–H and O–H groups in total. The van der Waals surface area contributed by atoms with Crippen molar-refractivity contribution < 1.29 is 13.2 Å². The molecule has 0 fully saturated rings. The summed E-state index contributed by atoms with van der Waals surface area (Å²) in [4.78, 5) is 4.21. The van der Waals surface area contributed by atoms with Crippen LogP contribution < -0.4 is 14.8 Å². The van der Waals surface area contributed by atoms with Gasteiger partial charge in [-0.2, -0.15) is 0 Å². The molecule has 2 aromatic rings. The predicted molar refractivity (Wildman–Crippen MR) is 97.8 cm³/mol. The summed E-state index contributed by atoms with van der Waals surface area (Å²) in [6, 6.07) is 8.53. The number of benzene rings is 1. The van der Waals surface area contributed by atoms with E-state index in [-0.39, 0.29) is 5.75 Å². The van der Waals surface area contributed by atoms with E-state index in [1.54, 1.807) is 37.4 Å². The van der Waals surface area contributed by atoms with Crippen LogP contribution in [-0.4, -0.2) is 26.3 Å². The number of hydrogen-bond donors (Lipinski definition) is 2. The quantitative estimate of drug-likeness (QED) is 0.734. The fourth-order valence-electron chi connectivity index (χ4n) is 2.01. The lowest BCUT2D eigenvalue weighted by Crippen LogP contribution is -2.16. The van der Waals surface area contributed by atoms with E-state index < -0.39 is 10.0 Å². The van der Waals surface area contributed by atoms with Gasteiger partial charge in [-0.1, -0.05) is 24.9 Å². The number of rotatable bonds is 8. The van der Waals surface area contributed by atoms with Crippen molar-refractivity contribution in [3.8, 4) is 5.75 Å². The minimum atomic E-state index is -3.33. The Morgan fingerprint density at radius 1 is 1.25 bits per heavy atom. The number of anilines is 3. The molecule has 130 valence electrons. The van der Waals surface area contributed by atoms with Gasteiger partial charge in [0.2, 0.25) is 10.0 Å². The molecule has 6 nitrogen and oxygen atoms in total. The number of aromatic nitrogens is 1. The number of nitrogens with zero attached hydrogens (tertiary/aromatic N) is 1. The third-order valence-electron chi connectivity index (χ3n) is 3.23. The van der Waals surface area contributed by atoms with Gasteiger partial charge in [0.15, 0.2) is 0 Å². The average Bonchev–Trinajstić information content (AvgIpc) is 2.55. The van der Waals surface area contributed by atoms with Gasteiger partial charge in [0.05, 0.1) is 30.4 Å². The molecule has 0 spiro atoms. The molecule has 0 aliphatic carbocycles. The van der Waals surface area contributed by atoms with Gasteiger partial charge in [-0.15, -0.1) is 0 Å². The molecule has 2 rings (SSSR count). The molecule has 0 saturated heterocycles. The number of methoxy groups -OCH3 is 1. The topological polar surface area (TPSA) is 80.3 Å². The molecule has 0 radical (unpaired) electrons. The highest BCUT2D eigenvalue weighted by molar-refractivity contribution is 7.92. The fourth-order valence-corrected chi connectivity index (χ4v) is 3.43.